The molecule has 5 nitrogen and oxygen atoms in total. The number of amides is 1. The van der Waals surface area contributed by atoms with E-state index in [2.05, 4.69) is 38.3 Å². The van der Waals surface area contributed by atoms with Crippen molar-refractivity contribution in [2.24, 2.45) is 0 Å². The zero-order chi connectivity index (χ0) is 22.5. The van der Waals surface area contributed by atoms with Gasteiger partial charge in [0.2, 0.25) is 5.91 Å². The Kier molecular flexibility index (Phi) is 7.57. The van der Waals surface area contributed by atoms with Crippen LogP contribution in [0.1, 0.15) is 24.5 Å². The van der Waals surface area contributed by atoms with E-state index in [9.17, 15) is 4.79 Å². The third-order valence-electron chi connectivity index (χ3n) is 5.24. The summed E-state index contributed by atoms with van der Waals surface area (Å²) in [6.07, 6.45) is 4.32. The smallest absolute Gasteiger partial charge is 0.244 e. The molecule has 1 amide bonds. The maximum Gasteiger partial charge on any atom is 0.244 e. The molecule has 3 rings (SSSR count). The van der Waals surface area contributed by atoms with Crippen LogP contribution in [0.15, 0.2) is 51.6 Å². The third kappa shape index (κ3) is 5.38. The number of halogens is 1. The predicted octanol–water partition coefficient (Wildman–Crippen LogP) is 5.65. The van der Waals surface area contributed by atoms with Gasteiger partial charge in [-0.3, -0.25) is 4.79 Å². The van der Waals surface area contributed by atoms with Crippen molar-refractivity contribution in [2.75, 3.05) is 34.3 Å². The van der Waals surface area contributed by atoms with Crippen molar-refractivity contribution < 1.29 is 13.9 Å². The number of nitrogens with one attached hydrogen (secondary N) is 1. The molecule has 31 heavy (non-hydrogen) atoms. The Bertz CT molecular complexity index is 1120. The lowest BCUT2D eigenvalue weighted by Crippen LogP contribution is -2.25. The number of rotatable bonds is 8. The zero-order valence-corrected chi connectivity index (χ0v) is 20.3. The summed E-state index contributed by atoms with van der Waals surface area (Å²) in [4.78, 5) is 14.5. The second-order valence-corrected chi connectivity index (χ2v) is 8.81. The number of aryl methyl sites for hydroxylation is 1. The Morgan fingerprint density at radius 3 is 2.74 bits per heavy atom. The number of benzene rings is 2. The molecule has 3 aromatic rings. The molecular formula is C25H29BrN2O3. The molecule has 0 spiro atoms. The summed E-state index contributed by atoms with van der Waals surface area (Å²) in [5, 5.41) is 3.95. The minimum absolute atomic E-state index is 0.101. The van der Waals surface area contributed by atoms with Crippen LogP contribution in [0.4, 0.5) is 0 Å². The molecule has 6 heteroatoms. The van der Waals surface area contributed by atoms with E-state index in [4.69, 9.17) is 9.15 Å². The fourth-order valence-electron chi connectivity index (χ4n) is 3.68. The van der Waals surface area contributed by atoms with Gasteiger partial charge in [0.1, 0.15) is 11.3 Å². The van der Waals surface area contributed by atoms with E-state index in [0.717, 1.165) is 62.0 Å². The Hall–Kier alpha value is -2.57. The highest BCUT2D eigenvalue weighted by Gasteiger charge is 2.19. The van der Waals surface area contributed by atoms with Gasteiger partial charge < -0.3 is 19.4 Å². The summed E-state index contributed by atoms with van der Waals surface area (Å²) in [6.45, 7) is 5.49. The van der Waals surface area contributed by atoms with Crippen molar-refractivity contribution in [1.29, 1.82) is 0 Å². The Morgan fingerprint density at radius 1 is 1.29 bits per heavy atom. The van der Waals surface area contributed by atoms with Gasteiger partial charge in [0.05, 0.1) is 13.4 Å². The lowest BCUT2D eigenvalue weighted by molar-refractivity contribution is -0.116. The minimum Gasteiger partial charge on any atom is -0.496 e. The molecule has 2 aromatic carbocycles. The summed E-state index contributed by atoms with van der Waals surface area (Å²) in [6, 6.07) is 10.2. The van der Waals surface area contributed by atoms with E-state index in [-0.39, 0.29) is 5.91 Å². The SMILES string of the molecule is COc1c(/C(C)=C/C(=O)NCCCN(C)C)cc2c(-c3cccc(Br)c3)coc2c1C. The van der Waals surface area contributed by atoms with Crippen LogP contribution in [0.5, 0.6) is 5.75 Å². The van der Waals surface area contributed by atoms with E-state index in [1.165, 1.54) is 0 Å². The topological polar surface area (TPSA) is 54.7 Å². The highest BCUT2D eigenvalue weighted by Crippen LogP contribution is 2.40. The predicted molar refractivity (Wildman–Crippen MR) is 130 cm³/mol. The van der Waals surface area contributed by atoms with Crippen LogP contribution in [0.2, 0.25) is 0 Å². The molecule has 0 unspecified atom stereocenters. The number of nitrogens with zero attached hydrogens (tertiary/aromatic N) is 1. The molecular weight excluding hydrogens is 456 g/mol. The number of ether oxygens (including phenoxy) is 1. The number of hydrogen-bond acceptors (Lipinski definition) is 4. The molecule has 0 radical (unpaired) electrons. The van der Waals surface area contributed by atoms with Crippen LogP contribution in [-0.2, 0) is 4.79 Å². The van der Waals surface area contributed by atoms with E-state index in [0.29, 0.717) is 6.54 Å². The van der Waals surface area contributed by atoms with Gasteiger partial charge in [-0.15, -0.1) is 0 Å². The third-order valence-corrected chi connectivity index (χ3v) is 5.73. The molecule has 1 heterocycles. The van der Waals surface area contributed by atoms with Gasteiger partial charge >= 0.3 is 0 Å². The first-order valence-corrected chi connectivity index (χ1v) is 11.1. The van der Waals surface area contributed by atoms with Crippen LogP contribution >= 0.6 is 15.9 Å². The average Bonchev–Trinajstić information content (AvgIpc) is 3.15. The normalized spacial score (nSPS) is 11.9. The molecule has 0 saturated carbocycles. The largest absolute Gasteiger partial charge is 0.496 e. The molecule has 0 aliphatic rings. The number of hydrogen-bond donors (Lipinski definition) is 1. The van der Waals surface area contributed by atoms with E-state index in [1.807, 2.05) is 46.1 Å². The molecule has 0 aliphatic carbocycles. The Labute approximate surface area is 192 Å². The maximum atomic E-state index is 12.4. The summed E-state index contributed by atoms with van der Waals surface area (Å²) >= 11 is 3.54. The van der Waals surface area contributed by atoms with E-state index < -0.39 is 0 Å². The van der Waals surface area contributed by atoms with Gasteiger partial charge in [-0.05, 0) is 70.2 Å². The number of carbonyl (C=O) groups is 1. The van der Waals surface area contributed by atoms with Crippen molar-refractivity contribution in [3.05, 3.63) is 58.3 Å². The van der Waals surface area contributed by atoms with Gasteiger partial charge in [-0.1, -0.05) is 28.1 Å². The van der Waals surface area contributed by atoms with Crippen molar-refractivity contribution in [2.45, 2.75) is 20.3 Å². The number of furan rings is 1. The Morgan fingerprint density at radius 2 is 2.06 bits per heavy atom. The summed E-state index contributed by atoms with van der Waals surface area (Å²) in [7, 11) is 5.69. The molecule has 1 aromatic heterocycles. The fourth-order valence-corrected chi connectivity index (χ4v) is 4.08. The molecule has 1 N–H and O–H groups in total. The highest BCUT2D eigenvalue weighted by atomic mass is 79.9. The van der Waals surface area contributed by atoms with Gasteiger partial charge in [0.25, 0.3) is 0 Å². The second-order valence-electron chi connectivity index (χ2n) is 7.89. The highest BCUT2D eigenvalue weighted by molar-refractivity contribution is 9.10. The molecule has 0 bridgehead atoms. The summed E-state index contributed by atoms with van der Waals surface area (Å²) in [5.41, 5.74) is 5.49. The van der Waals surface area contributed by atoms with Crippen molar-refractivity contribution in [1.82, 2.24) is 10.2 Å². The number of methoxy groups -OCH3 is 1. The Balaban J connectivity index is 1.97. The minimum atomic E-state index is -0.101. The number of carbonyl (C=O) groups excluding carboxylic acids is 1. The van der Waals surface area contributed by atoms with Gasteiger partial charge in [0.15, 0.2) is 0 Å². The van der Waals surface area contributed by atoms with Gasteiger partial charge in [0, 0.05) is 39.2 Å². The fraction of sp³-hybridized carbons (Fsp3) is 0.320. The van der Waals surface area contributed by atoms with Crippen molar-refractivity contribution >= 4 is 38.4 Å². The summed E-state index contributed by atoms with van der Waals surface area (Å²) < 4.78 is 12.6. The van der Waals surface area contributed by atoms with Crippen LogP contribution < -0.4 is 10.1 Å². The molecule has 164 valence electrons. The molecule has 0 fully saturated rings. The monoisotopic (exact) mass is 484 g/mol. The van der Waals surface area contributed by atoms with Crippen LogP contribution in [0, 0.1) is 6.92 Å². The first-order chi connectivity index (χ1) is 14.8. The molecule has 0 aliphatic heterocycles. The second kappa shape index (κ2) is 10.2. The number of allylic oxidation sites excluding steroid dienone is 1. The lowest BCUT2D eigenvalue weighted by atomic mass is 9.96. The van der Waals surface area contributed by atoms with Crippen molar-refractivity contribution in [3.8, 4) is 16.9 Å². The van der Waals surface area contributed by atoms with Crippen LogP contribution in [0.3, 0.4) is 0 Å². The first-order valence-electron chi connectivity index (χ1n) is 10.3. The van der Waals surface area contributed by atoms with Gasteiger partial charge in [-0.2, -0.15) is 0 Å². The van der Waals surface area contributed by atoms with Crippen LogP contribution in [-0.4, -0.2) is 45.1 Å². The molecule has 0 atom stereocenters. The first kappa shape index (κ1) is 23.1. The van der Waals surface area contributed by atoms with E-state index in [1.54, 1.807) is 19.4 Å². The van der Waals surface area contributed by atoms with Gasteiger partial charge in [-0.25, -0.2) is 0 Å². The summed E-state index contributed by atoms with van der Waals surface area (Å²) in [5.74, 6) is 0.618. The average molecular weight is 485 g/mol. The lowest BCUT2D eigenvalue weighted by Gasteiger charge is -2.13. The van der Waals surface area contributed by atoms with Crippen LogP contribution in [0.25, 0.3) is 27.7 Å². The molecule has 0 saturated heterocycles. The quantitative estimate of drug-likeness (QED) is 0.331. The standard InChI is InChI=1S/C25H29BrN2O3/c1-16(12-23(29)27-10-7-11-28(3)4)20-14-21-22(18-8-6-9-19(26)13-18)15-31-25(21)17(2)24(20)30-5/h6,8-9,12-15H,7,10-11H2,1-5H3,(H,27,29)/b16-12+. The number of fused-ring (bicyclic) bond motifs is 1. The zero-order valence-electron chi connectivity index (χ0n) is 18.7. The maximum absolute atomic E-state index is 12.4. The van der Waals surface area contributed by atoms with E-state index >= 15 is 0 Å². The van der Waals surface area contributed by atoms with Crippen molar-refractivity contribution in [3.63, 3.8) is 0 Å².